The molecule has 3 rings (SSSR count). The molecule has 1 heterocycles. The van der Waals surface area contributed by atoms with Crippen LogP contribution in [0.5, 0.6) is 5.75 Å². The smallest absolute Gasteiger partial charge is 0.252 e. The van der Waals surface area contributed by atoms with Crippen LogP contribution in [-0.4, -0.2) is 28.0 Å². The summed E-state index contributed by atoms with van der Waals surface area (Å²) in [6.45, 7) is -0.0705. The van der Waals surface area contributed by atoms with Crippen LogP contribution < -0.4 is 10.1 Å². The van der Waals surface area contributed by atoms with E-state index in [2.05, 4.69) is 5.32 Å². The van der Waals surface area contributed by atoms with Gasteiger partial charge in [-0.1, -0.05) is 29.8 Å². The first kappa shape index (κ1) is 20.4. The molecule has 3 aromatic rings. The minimum atomic E-state index is -3.73. The van der Waals surface area contributed by atoms with E-state index in [4.69, 9.17) is 16.3 Å². The van der Waals surface area contributed by atoms with Crippen molar-refractivity contribution in [2.75, 3.05) is 13.7 Å². The molecule has 1 aromatic heterocycles. The lowest BCUT2D eigenvalue weighted by molar-refractivity contribution is 0.0954. The average molecular weight is 436 g/mol. The number of benzene rings is 2. The third kappa shape index (κ3) is 4.38. The Labute approximate surface area is 172 Å². The van der Waals surface area contributed by atoms with E-state index in [-0.39, 0.29) is 11.4 Å². The summed E-state index contributed by atoms with van der Waals surface area (Å²) in [7, 11) is -2.21. The normalized spacial score (nSPS) is 12.4. The maximum Gasteiger partial charge on any atom is 0.252 e. The van der Waals surface area contributed by atoms with Gasteiger partial charge >= 0.3 is 0 Å². The van der Waals surface area contributed by atoms with Crippen molar-refractivity contribution in [2.45, 2.75) is 10.1 Å². The van der Waals surface area contributed by atoms with E-state index in [1.54, 1.807) is 48.5 Å². The first-order valence-corrected chi connectivity index (χ1v) is 11.2. The lowest BCUT2D eigenvalue weighted by atomic mass is 10.2. The number of amides is 1. The molecule has 2 aromatic carbocycles. The van der Waals surface area contributed by atoms with E-state index in [1.165, 1.54) is 30.6 Å². The summed E-state index contributed by atoms with van der Waals surface area (Å²) in [5, 5.41) is 3.91. The van der Waals surface area contributed by atoms with Crippen molar-refractivity contribution in [3.8, 4) is 5.75 Å². The van der Waals surface area contributed by atoms with Crippen molar-refractivity contribution in [1.29, 1.82) is 0 Å². The molecule has 0 fully saturated rings. The van der Waals surface area contributed by atoms with Gasteiger partial charge in [-0.05, 0) is 47.8 Å². The zero-order valence-corrected chi connectivity index (χ0v) is 17.4. The van der Waals surface area contributed by atoms with Crippen LogP contribution in [0.1, 0.15) is 20.5 Å². The zero-order chi connectivity index (χ0) is 20.1. The van der Waals surface area contributed by atoms with Gasteiger partial charge in [0, 0.05) is 11.4 Å². The number of sulfone groups is 1. The molecule has 0 unspecified atom stereocenters. The predicted octanol–water partition coefficient (Wildman–Crippen LogP) is 4.36. The highest BCUT2D eigenvalue weighted by Gasteiger charge is 2.30. The molecule has 1 atom stereocenters. The highest BCUT2D eigenvalue weighted by Crippen LogP contribution is 2.32. The average Bonchev–Trinajstić information content (AvgIpc) is 3.22. The number of ether oxygens (including phenoxy) is 1. The van der Waals surface area contributed by atoms with Crippen molar-refractivity contribution in [3.05, 3.63) is 81.5 Å². The minimum absolute atomic E-state index is 0.0705. The standard InChI is InChI=1S/C20H18ClNO4S2/c1-26-14-8-10-15(11-9-14)28(24,25)19(18-7-4-12-27-18)13-22-20(23)16-5-2-3-6-17(16)21/h2-12,19H,13H2,1H3,(H,22,23)/t19-/m1/s1. The van der Waals surface area contributed by atoms with E-state index in [1.807, 2.05) is 5.38 Å². The Hall–Kier alpha value is -2.35. The molecule has 5 nitrogen and oxygen atoms in total. The molecule has 0 aliphatic rings. The van der Waals surface area contributed by atoms with Gasteiger partial charge in [0.1, 0.15) is 11.0 Å². The van der Waals surface area contributed by atoms with Crippen molar-refractivity contribution < 1.29 is 17.9 Å². The van der Waals surface area contributed by atoms with Crippen LogP contribution in [0.3, 0.4) is 0 Å². The Bertz CT molecular complexity index is 1050. The van der Waals surface area contributed by atoms with Crippen LogP contribution >= 0.6 is 22.9 Å². The molecular formula is C20H18ClNO4S2. The van der Waals surface area contributed by atoms with Crippen LogP contribution in [-0.2, 0) is 9.84 Å². The number of methoxy groups -OCH3 is 1. The molecule has 0 radical (unpaired) electrons. The number of rotatable bonds is 7. The van der Waals surface area contributed by atoms with Gasteiger partial charge in [0.05, 0.1) is 22.6 Å². The van der Waals surface area contributed by atoms with Gasteiger partial charge < -0.3 is 10.1 Å². The molecule has 8 heteroatoms. The highest BCUT2D eigenvalue weighted by molar-refractivity contribution is 7.91. The largest absolute Gasteiger partial charge is 0.497 e. The molecule has 0 aliphatic heterocycles. The number of carbonyl (C=O) groups excluding carboxylic acids is 1. The fourth-order valence-electron chi connectivity index (χ4n) is 2.69. The van der Waals surface area contributed by atoms with E-state index in [0.29, 0.717) is 21.2 Å². The Morgan fingerprint density at radius 3 is 2.43 bits per heavy atom. The van der Waals surface area contributed by atoms with Gasteiger partial charge in [-0.15, -0.1) is 11.3 Å². The van der Waals surface area contributed by atoms with Gasteiger partial charge in [-0.2, -0.15) is 0 Å². The summed E-state index contributed by atoms with van der Waals surface area (Å²) in [6.07, 6.45) is 0. The van der Waals surface area contributed by atoms with Gasteiger partial charge in [0.25, 0.3) is 5.91 Å². The van der Waals surface area contributed by atoms with Crippen molar-refractivity contribution in [2.24, 2.45) is 0 Å². The van der Waals surface area contributed by atoms with E-state index in [9.17, 15) is 13.2 Å². The Morgan fingerprint density at radius 2 is 1.82 bits per heavy atom. The maximum atomic E-state index is 13.2. The van der Waals surface area contributed by atoms with Crippen LogP contribution in [0.2, 0.25) is 5.02 Å². The molecule has 146 valence electrons. The number of carbonyl (C=O) groups is 1. The third-order valence-electron chi connectivity index (χ3n) is 4.19. The first-order chi connectivity index (χ1) is 13.4. The summed E-state index contributed by atoms with van der Waals surface area (Å²) < 4.78 is 31.6. The number of thiophene rings is 1. The van der Waals surface area contributed by atoms with Crippen LogP contribution in [0.15, 0.2) is 70.9 Å². The van der Waals surface area contributed by atoms with Crippen molar-refractivity contribution in [3.63, 3.8) is 0 Å². The topological polar surface area (TPSA) is 72.5 Å². The second kappa shape index (κ2) is 8.77. The summed E-state index contributed by atoms with van der Waals surface area (Å²) >= 11 is 7.39. The second-order valence-electron chi connectivity index (χ2n) is 5.91. The summed E-state index contributed by atoms with van der Waals surface area (Å²) in [6, 6.07) is 16.4. The molecule has 0 bridgehead atoms. The highest BCUT2D eigenvalue weighted by atomic mass is 35.5. The quantitative estimate of drug-likeness (QED) is 0.598. The molecule has 0 spiro atoms. The summed E-state index contributed by atoms with van der Waals surface area (Å²) in [4.78, 5) is 13.3. The molecule has 0 aliphatic carbocycles. The van der Waals surface area contributed by atoms with Crippen LogP contribution in [0.4, 0.5) is 0 Å². The van der Waals surface area contributed by atoms with Crippen molar-refractivity contribution >= 4 is 38.7 Å². The second-order valence-corrected chi connectivity index (χ2v) is 9.43. The minimum Gasteiger partial charge on any atom is -0.497 e. The van der Waals surface area contributed by atoms with Crippen LogP contribution in [0.25, 0.3) is 0 Å². The predicted molar refractivity (Wildman–Crippen MR) is 111 cm³/mol. The Morgan fingerprint density at radius 1 is 1.11 bits per heavy atom. The number of hydrogen-bond acceptors (Lipinski definition) is 5. The van der Waals surface area contributed by atoms with E-state index >= 15 is 0 Å². The zero-order valence-electron chi connectivity index (χ0n) is 15.0. The first-order valence-electron chi connectivity index (χ1n) is 8.37. The van der Waals surface area contributed by atoms with Gasteiger partial charge in [-0.25, -0.2) is 8.42 Å². The Balaban J connectivity index is 1.87. The molecular weight excluding hydrogens is 418 g/mol. The van der Waals surface area contributed by atoms with Crippen LogP contribution in [0, 0.1) is 0 Å². The van der Waals surface area contributed by atoms with Gasteiger partial charge in [-0.3, -0.25) is 4.79 Å². The Kier molecular flexibility index (Phi) is 6.39. The lowest BCUT2D eigenvalue weighted by Crippen LogP contribution is -2.31. The number of hydrogen-bond donors (Lipinski definition) is 1. The maximum absolute atomic E-state index is 13.2. The van der Waals surface area contributed by atoms with Gasteiger partial charge in [0.2, 0.25) is 0 Å². The molecule has 0 saturated carbocycles. The molecule has 1 N–H and O–H groups in total. The molecule has 28 heavy (non-hydrogen) atoms. The number of halogens is 1. The van der Waals surface area contributed by atoms with E-state index in [0.717, 1.165) is 0 Å². The van der Waals surface area contributed by atoms with E-state index < -0.39 is 21.0 Å². The monoisotopic (exact) mass is 435 g/mol. The van der Waals surface area contributed by atoms with Gasteiger partial charge in [0.15, 0.2) is 9.84 Å². The fourth-order valence-corrected chi connectivity index (χ4v) is 5.70. The molecule has 0 saturated heterocycles. The fraction of sp³-hybridized carbons (Fsp3) is 0.150. The number of nitrogens with one attached hydrogen (secondary N) is 1. The molecule has 1 amide bonds. The third-order valence-corrected chi connectivity index (χ3v) is 7.75. The summed E-state index contributed by atoms with van der Waals surface area (Å²) in [5.41, 5.74) is 0.302. The summed E-state index contributed by atoms with van der Waals surface area (Å²) in [5.74, 6) is 0.149. The van der Waals surface area contributed by atoms with Crippen molar-refractivity contribution in [1.82, 2.24) is 5.32 Å². The lowest BCUT2D eigenvalue weighted by Gasteiger charge is -2.18. The SMILES string of the molecule is COc1ccc(S(=O)(=O)[C@H](CNC(=O)c2ccccc2Cl)c2cccs2)cc1.